The molecule has 0 aliphatic carbocycles. The number of allylic oxidation sites excluding steroid dienone is 1. The van der Waals surface area contributed by atoms with Gasteiger partial charge in [0.05, 0.1) is 11.5 Å². The number of hydrogen-bond donors (Lipinski definition) is 1. The van der Waals surface area contributed by atoms with Crippen LogP contribution in [0.4, 0.5) is 0 Å². The Balaban J connectivity index is 4.35. The molecule has 0 aliphatic heterocycles. The largest absolute Gasteiger partial charge is 0.763 e. The summed E-state index contributed by atoms with van der Waals surface area (Å²) >= 11 is 4.05. The van der Waals surface area contributed by atoms with Crippen molar-refractivity contribution < 1.29 is 0 Å². The molecule has 0 aromatic carbocycles. The third-order valence-corrected chi connectivity index (χ3v) is 2.16. The zero-order valence-electron chi connectivity index (χ0n) is 6.76. The summed E-state index contributed by atoms with van der Waals surface area (Å²) in [6.07, 6.45) is 0.517. The molecule has 0 aromatic rings. The van der Waals surface area contributed by atoms with Gasteiger partial charge in [-0.2, -0.15) is 17.9 Å². The molecule has 0 aromatic heterocycles. The number of nitriles is 1. The molecule has 1 unspecified atom stereocenters. The minimum absolute atomic E-state index is 0.483. The summed E-state index contributed by atoms with van der Waals surface area (Å²) in [4.78, 5) is 0. The van der Waals surface area contributed by atoms with Gasteiger partial charge in [0.1, 0.15) is 0 Å². The Kier molecular flexibility index (Phi) is 3.95. The van der Waals surface area contributed by atoms with Crippen molar-refractivity contribution in [2.75, 3.05) is 5.75 Å². The van der Waals surface area contributed by atoms with E-state index in [0.717, 1.165) is 0 Å². The van der Waals surface area contributed by atoms with Crippen molar-refractivity contribution in [3.8, 4) is 6.07 Å². The molecule has 60 valence electrons. The Morgan fingerprint density at radius 2 is 2.27 bits per heavy atom. The summed E-state index contributed by atoms with van der Waals surface area (Å²) in [6.45, 7) is 3.54. The van der Waals surface area contributed by atoms with E-state index in [-0.39, 0.29) is 0 Å². The minimum Gasteiger partial charge on any atom is -0.763 e. The van der Waals surface area contributed by atoms with E-state index in [1.54, 1.807) is 13.8 Å². The van der Waals surface area contributed by atoms with Crippen molar-refractivity contribution >= 4 is 18.5 Å². The van der Waals surface area contributed by atoms with Crippen LogP contribution in [-0.4, -0.2) is 11.6 Å². The second-order valence-corrected chi connectivity index (χ2v) is 3.22. The lowest BCUT2D eigenvalue weighted by Crippen LogP contribution is -2.16. The van der Waals surface area contributed by atoms with Gasteiger partial charge >= 0.3 is 0 Å². The predicted molar refractivity (Wildman–Crippen MR) is 49.7 cm³/mol. The Morgan fingerprint density at radius 3 is 2.55 bits per heavy atom. The van der Waals surface area contributed by atoms with Crippen molar-refractivity contribution in [2.24, 2.45) is 5.41 Å². The van der Waals surface area contributed by atoms with Gasteiger partial charge in [0.15, 0.2) is 0 Å². The second kappa shape index (κ2) is 4.23. The maximum Gasteiger partial charge on any atom is 0.0699 e. The van der Waals surface area contributed by atoms with Crippen LogP contribution in [0.5, 0.6) is 0 Å². The topological polar surface area (TPSA) is 46.1 Å². The van der Waals surface area contributed by atoms with Crippen molar-refractivity contribution in [3.05, 3.63) is 11.0 Å². The van der Waals surface area contributed by atoms with E-state index >= 15 is 0 Å². The van der Waals surface area contributed by atoms with Crippen molar-refractivity contribution in [2.45, 2.75) is 20.3 Å². The fraction of sp³-hybridized carbons (Fsp3) is 0.625. The van der Waals surface area contributed by atoms with Gasteiger partial charge in [-0.15, -0.1) is 0 Å². The number of rotatable bonds is 3. The Labute approximate surface area is 72.8 Å². The molecule has 0 amide bonds. The van der Waals surface area contributed by atoms with Gasteiger partial charge in [-0.05, 0) is 20.3 Å². The quantitative estimate of drug-likeness (QED) is 0.507. The maximum absolute atomic E-state index is 8.71. The van der Waals surface area contributed by atoms with E-state index in [1.165, 1.54) is 0 Å². The van der Waals surface area contributed by atoms with Crippen molar-refractivity contribution in [1.29, 1.82) is 5.26 Å². The molecule has 0 saturated heterocycles. The Morgan fingerprint density at radius 1 is 1.73 bits per heavy atom. The first-order valence-electron chi connectivity index (χ1n) is 3.32. The highest BCUT2D eigenvalue weighted by atomic mass is 32.1. The molecule has 0 saturated carbocycles. The summed E-state index contributed by atoms with van der Waals surface area (Å²) < 4.78 is 0. The van der Waals surface area contributed by atoms with E-state index in [0.29, 0.717) is 17.7 Å². The third kappa shape index (κ3) is 3.27. The number of thiol groups is 1. The van der Waals surface area contributed by atoms with Crippen LogP contribution in [-0.2, 0) is 0 Å². The van der Waals surface area contributed by atoms with Crippen LogP contribution in [0.25, 0.3) is 5.41 Å². The van der Waals surface area contributed by atoms with E-state index in [9.17, 15) is 0 Å². The molecule has 0 heterocycles. The lowest BCUT2D eigenvalue weighted by atomic mass is 9.88. The lowest BCUT2D eigenvalue weighted by Gasteiger charge is -2.18. The average molecular weight is 167 g/mol. The van der Waals surface area contributed by atoms with Gasteiger partial charge in [0.25, 0.3) is 0 Å². The first-order chi connectivity index (χ1) is 5.08. The monoisotopic (exact) mass is 167 g/mol. The number of hydrogen-bond acceptors (Lipinski definition) is 2. The van der Waals surface area contributed by atoms with Crippen LogP contribution < -0.4 is 0 Å². The molecule has 0 aliphatic rings. The predicted octanol–water partition coefficient (Wildman–Crippen LogP) is 2.02. The maximum atomic E-state index is 8.71. The molecule has 0 fully saturated rings. The molecule has 0 radical (unpaired) electrons. The fourth-order valence-corrected chi connectivity index (χ4v) is 0.938. The molecular weight excluding hydrogens is 156 g/mol. The van der Waals surface area contributed by atoms with Gasteiger partial charge in [-0.1, -0.05) is 5.57 Å². The number of nitrogens with zero attached hydrogens (tertiary/aromatic N) is 2. The molecule has 0 rings (SSSR count). The zero-order valence-corrected chi connectivity index (χ0v) is 7.65. The van der Waals surface area contributed by atoms with Gasteiger partial charge in [0, 0.05) is 5.75 Å². The van der Waals surface area contributed by atoms with Crippen LogP contribution in [0.1, 0.15) is 20.3 Å². The first kappa shape index (κ1) is 10.3. The van der Waals surface area contributed by atoms with Gasteiger partial charge in [0.2, 0.25) is 0 Å². The summed E-state index contributed by atoms with van der Waals surface area (Å²) in [7, 11) is 0. The minimum atomic E-state index is -0.483. The van der Waals surface area contributed by atoms with Crippen LogP contribution in [0.2, 0.25) is 0 Å². The van der Waals surface area contributed by atoms with Gasteiger partial charge in [-0.25, -0.2) is 0 Å². The lowest BCUT2D eigenvalue weighted by molar-refractivity contribution is 0.506. The highest BCUT2D eigenvalue weighted by Gasteiger charge is 2.21. The molecule has 3 heteroatoms. The summed E-state index contributed by atoms with van der Waals surface area (Å²) in [6, 6.07) is 2.14. The first-order valence-corrected chi connectivity index (χ1v) is 3.96. The summed E-state index contributed by atoms with van der Waals surface area (Å²) in [5, 5.41) is 17.2. The van der Waals surface area contributed by atoms with Gasteiger partial charge < -0.3 is 5.41 Å². The van der Waals surface area contributed by atoms with E-state index < -0.39 is 5.41 Å². The zero-order chi connectivity index (χ0) is 8.91. The SMILES string of the molecule is CC(=C=[N-])CC(C)(C#N)CS. The molecule has 0 spiro atoms. The highest BCUT2D eigenvalue weighted by molar-refractivity contribution is 7.80. The molecular formula is C8H11N2S-. The third-order valence-electron chi connectivity index (χ3n) is 1.47. The van der Waals surface area contributed by atoms with Crippen LogP contribution in [0, 0.1) is 16.7 Å². The van der Waals surface area contributed by atoms with Crippen molar-refractivity contribution in [3.63, 3.8) is 0 Å². The standard InChI is InChI=1S/C8H11N2S/c1-7(4-9)3-8(2,5-10)6-11/h11H,3,6H2,1-2H3/q-1. The Bertz CT molecular complexity index is 223. The Hall–Kier alpha value is -0.710. The molecule has 11 heavy (non-hydrogen) atoms. The second-order valence-electron chi connectivity index (χ2n) is 2.90. The van der Waals surface area contributed by atoms with Crippen LogP contribution >= 0.6 is 12.6 Å². The van der Waals surface area contributed by atoms with Gasteiger partial charge in [-0.3, -0.25) is 5.87 Å². The fourth-order valence-electron chi connectivity index (χ4n) is 0.756. The molecule has 0 bridgehead atoms. The van der Waals surface area contributed by atoms with E-state index in [4.69, 9.17) is 10.7 Å². The highest BCUT2D eigenvalue weighted by Crippen LogP contribution is 2.24. The normalized spacial score (nSPS) is 14.4. The van der Waals surface area contributed by atoms with Crippen molar-refractivity contribution in [1.82, 2.24) is 0 Å². The van der Waals surface area contributed by atoms with Crippen LogP contribution in [0.15, 0.2) is 5.57 Å². The van der Waals surface area contributed by atoms with E-state index in [2.05, 4.69) is 18.7 Å². The molecule has 0 N–H and O–H groups in total. The smallest absolute Gasteiger partial charge is 0.0699 e. The van der Waals surface area contributed by atoms with Crippen LogP contribution in [0.3, 0.4) is 0 Å². The average Bonchev–Trinajstić information content (AvgIpc) is 2.04. The summed E-state index contributed by atoms with van der Waals surface area (Å²) in [5.41, 5.74) is 0.200. The molecule has 1 atom stereocenters. The van der Waals surface area contributed by atoms with E-state index in [1.807, 2.05) is 5.87 Å². The summed E-state index contributed by atoms with van der Waals surface area (Å²) in [5.74, 6) is 2.51. The molecule has 2 nitrogen and oxygen atoms in total.